The molecule has 1 aliphatic rings. The van der Waals surface area contributed by atoms with Crippen molar-refractivity contribution in [3.05, 3.63) is 0 Å². The van der Waals surface area contributed by atoms with Gasteiger partial charge in [0.25, 0.3) is 0 Å². The number of likely N-dealkylation sites (tertiary alicyclic amines) is 1. The number of nitrogens with one attached hydrogen (secondary N) is 2. The molecule has 7 heteroatoms. The van der Waals surface area contributed by atoms with Crippen molar-refractivity contribution < 1.29 is 9.53 Å². The fourth-order valence-corrected chi connectivity index (χ4v) is 2.30. The molecule has 1 rings (SSSR count). The molecule has 2 N–H and O–H groups in total. The van der Waals surface area contributed by atoms with Gasteiger partial charge in [0.05, 0.1) is 6.10 Å². The first-order valence-electron chi connectivity index (χ1n) is 7.62. The van der Waals surface area contributed by atoms with E-state index in [4.69, 9.17) is 4.74 Å². The number of ether oxygens (including phenoxy) is 1. The third kappa shape index (κ3) is 7.85. The summed E-state index contributed by atoms with van der Waals surface area (Å²) in [5, 5.41) is 6.01. The minimum Gasteiger partial charge on any atom is -0.378 e. The first-order chi connectivity index (χ1) is 9.71. The summed E-state index contributed by atoms with van der Waals surface area (Å²) in [4.78, 5) is 18.1. The van der Waals surface area contributed by atoms with E-state index in [1.165, 1.54) is 0 Å². The molecule has 0 aliphatic carbocycles. The number of amides is 1. The highest BCUT2D eigenvalue weighted by Crippen LogP contribution is 2.13. The molecule has 0 spiro atoms. The van der Waals surface area contributed by atoms with E-state index < -0.39 is 0 Å². The Labute approximate surface area is 145 Å². The van der Waals surface area contributed by atoms with E-state index in [2.05, 4.69) is 20.5 Å². The zero-order chi connectivity index (χ0) is 14.8. The second kappa shape index (κ2) is 12.0. The lowest BCUT2D eigenvalue weighted by Gasteiger charge is -2.34. The summed E-state index contributed by atoms with van der Waals surface area (Å²) in [6.45, 7) is 10.2. The molecule has 0 unspecified atom stereocenters. The second-order valence-electron chi connectivity index (χ2n) is 4.77. The summed E-state index contributed by atoms with van der Waals surface area (Å²) < 4.78 is 5.65. The van der Waals surface area contributed by atoms with Gasteiger partial charge < -0.3 is 20.3 Å². The van der Waals surface area contributed by atoms with Crippen LogP contribution in [0.3, 0.4) is 0 Å². The molecule has 0 radical (unpaired) electrons. The maximum absolute atomic E-state index is 11.5. The number of rotatable bonds is 6. The largest absolute Gasteiger partial charge is 0.378 e. The van der Waals surface area contributed by atoms with Gasteiger partial charge in [0.1, 0.15) is 6.54 Å². The average Bonchev–Trinajstić information content (AvgIpc) is 2.45. The van der Waals surface area contributed by atoms with Crippen LogP contribution in [0.1, 0.15) is 33.6 Å². The second-order valence-corrected chi connectivity index (χ2v) is 4.77. The van der Waals surface area contributed by atoms with Gasteiger partial charge in [-0.15, -0.1) is 24.0 Å². The van der Waals surface area contributed by atoms with Crippen molar-refractivity contribution in [2.75, 3.05) is 39.3 Å². The summed E-state index contributed by atoms with van der Waals surface area (Å²) in [5.41, 5.74) is 0. The standard InChI is InChI=1S/C14H28N4O2.HI/c1-4-15-13(19)11-17-14(16-5-2)18-9-7-12(8-10-18)20-6-3;/h12H,4-11H2,1-3H3,(H,15,19)(H,16,17);1H. The topological polar surface area (TPSA) is 66.0 Å². The molecule has 6 nitrogen and oxygen atoms in total. The van der Waals surface area contributed by atoms with Crippen LogP contribution in [0, 0.1) is 0 Å². The van der Waals surface area contributed by atoms with Crippen molar-refractivity contribution in [1.29, 1.82) is 0 Å². The van der Waals surface area contributed by atoms with Crippen LogP contribution in [0.5, 0.6) is 0 Å². The predicted molar refractivity (Wildman–Crippen MR) is 96.3 cm³/mol. The van der Waals surface area contributed by atoms with E-state index >= 15 is 0 Å². The molecule has 0 bridgehead atoms. The lowest BCUT2D eigenvalue weighted by atomic mass is 10.1. The van der Waals surface area contributed by atoms with Gasteiger partial charge in [-0.25, -0.2) is 4.99 Å². The van der Waals surface area contributed by atoms with Crippen LogP contribution in [-0.4, -0.2) is 62.2 Å². The predicted octanol–water partition coefficient (Wildman–Crippen LogP) is 1.21. The normalized spacial score (nSPS) is 16.3. The summed E-state index contributed by atoms with van der Waals surface area (Å²) >= 11 is 0. The lowest BCUT2D eigenvalue weighted by molar-refractivity contribution is -0.119. The molecule has 0 aromatic rings. The van der Waals surface area contributed by atoms with Crippen molar-refractivity contribution >= 4 is 35.8 Å². The molecular formula is C14H29IN4O2. The smallest absolute Gasteiger partial charge is 0.241 e. The Balaban J connectivity index is 0.00000400. The maximum Gasteiger partial charge on any atom is 0.241 e. The van der Waals surface area contributed by atoms with E-state index in [9.17, 15) is 4.79 Å². The number of halogens is 1. The number of carbonyl (C=O) groups excluding carboxylic acids is 1. The van der Waals surface area contributed by atoms with E-state index in [1.807, 2.05) is 20.8 Å². The van der Waals surface area contributed by atoms with E-state index in [-0.39, 0.29) is 36.4 Å². The zero-order valence-electron chi connectivity index (χ0n) is 13.4. The molecule has 1 fully saturated rings. The highest BCUT2D eigenvalue weighted by molar-refractivity contribution is 14.0. The van der Waals surface area contributed by atoms with Gasteiger partial charge in [-0.3, -0.25) is 4.79 Å². The van der Waals surface area contributed by atoms with Gasteiger partial charge in [0.2, 0.25) is 5.91 Å². The first-order valence-corrected chi connectivity index (χ1v) is 7.62. The number of nitrogens with zero attached hydrogens (tertiary/aromatic N) is 2. The Bertz CT molecular complexity index is 318. The van der Waals surface area contributed by atoms with Crippen LogP contribution in [-0.2, 0) is 9.53 Å². The third-order valence-corrected chi connectivity index (χ3v) is 3.23. The summed E-state index contributed by atoms with van der Waals surface area (Å²) in [5.74, 6) is 0.792. The molecule has 0 aromatic heterocycles. The van der Waals surface area contributed by atoms with Crippen LogP contribution in [0.15, 0.2) is 4.99 Å². The minimum absolute atomic E-state index is 0. The number of aliphatic imine (C=N–C) groups is 1. The van der Waals surface area contributed by atoms with E-state index in [1.54, 1.807) is 0 Å². The molecule has 124 valence electrons. The number of piperidine rings is 1. The van der Waals surface area contributed by atoms with Gasteiger partial charge in [-0.2, -0.15) is 0 Å². The molecule has 0 saturated carbocycles. The fourth-order valence-electron chi connectivity index (χ4n) is 2.30. The summed E-state index contributed by atoms with van der Waals surface area (Å²) in [6, 6.07) is 0. The first kappa shape index (κ1) is 20.4. The molecule has 1 aliphatic heterocycles. The molecule has 1 amide bonds. The zero-order valence-corrected chi connectivity index (χ0v) is 15.7. The van der Waals surface area contributed by atoms with Gasteiger partial charge in [-0.1, -0.05) is 0 Å². The Hall–Kier alpha value is -0.570. The van der Waals surface area contributed by atoms with Gasteiger partial charge in [-0.05, 0) is 33.6 Å². The number of hydrogen-bond donors (Lipinski definition) is 2. The van der Waals surface area contributed by atoms with Gasteiger partial charge in [0.15, 0.2) is 5.96 Å². The van der Waals surface area contributed by atoms with E-state index in [0.29, 0.717) is 12.6 Å². The van der Waals surface area contributed by atoms with Gasteiger partial charge in [0, 0.05) is 32.8 Å². The van der Waals surface area contributed by atoms with Gasteiger partial charge >= 0.3 is 0 Å². The Morgan fingerprint density at radius 2 is 1.81 bits per heavy atom. The molecule has 0 atom stereocenters. The van der Waals surface area contributed by atoms with Crippen LogP contribution in [0.4, 0.5) is 0 Å². The highest BCUT2D eigenvalue weighted by atomic mass is 127. The van der Waals surface area contributed by atoms with Crippen LogP contribution >= 0.6 is 24.0 Å². The monoisotopic (exact) mass is 412 g/mol. The van der Waals surface area contributed by atoms with Crippen LogP contribution in [0.25, 0.3) is 0 Å². The fraction of sp³-hybridized carbons (Fsp3) is 0.857. The Morgan fingerprint density at radius 1 is 1.19 bits per heavy atom. The van der Waals surface area contributed by atoms with Crippen molar-refractivity contribution in [2.45, 2.75) is 39.7 Å². The molecule has 1 saturated heterocycles. The van der Waals surface area contributed by atoms with E-state index in [0.717, 1.165) is 45.0 Å². The van der Waals surface area contributed by atoms with Crippen molar-refractivity contribution in [3.8, 4) is 0 Å². The third-order valence-electron chi connectivity index (χ3n) is 3.23. The molecular weight excluding hydrogens is 383 g/mol. The number of carbonyl (C=O) groups is 1. The number of likely N-dealkylation sites (N-methyl/N-ethyl adjacent to an activating group) is 1. The molecule has 1 heterocycles. The number of guanidine groups is 1. The van der Waals surface area contributed by atoms with Crippen molar-refractivity contribution in [2.24, 2.45) is 4.99 Å². The maximum atomic E-state index is 11.5. The summed E-state index contributed by atoms with van der Waals surface area (Å²) in [7, 11) is 0. The average molecular weight is 412 g/mol. The van der Waals surface area contributed by atoms with Crippen LogP contribution in [0.2, 0.25) is 0 Å². The quantitative estimate of drug-likeness (QED) is 0.391. The SMILES string of the molecule is CCNC(=O)CN=C(NCC)N1CCC(OCC)CC1.I. The minimum atomic E-state index is -0.0351. The Morgan fingerprint density at radius 3 is 2.33 bits per heavy atom. The van der Waals surface area contributed by atoms with Crippen molar-refractivity contribution in [1.82, 2.24) is 15.5 Å². The lowest BCUT2D eigenvalue weighted by Crippen LogP contribution is -2.47. The highest BCUT2D eigenvalue weighted by Gasteiger charge is 2.21. The number of hydrogen-bond acceptors (Lipinski definition) is 3. The molecule has 0 aromatic carbocycles. The Kier molecular flexibility index (Phi) is 11.7. The molecule has 21 heavy (non-hydrogen) atoms. The van der Waals surface area contributed by atoms with Crippen molar-refractivity contribution in [3.63, 3.8) is 0 Å². The summed E-state index contributed by atoms with van der Waals surface area (Å²) in [6.07, 6.45) is 2.39. The van der Waals surface area contributed by atoms with Crippen LogP contribution < -0.4 is 10.6 Å².